The minimum absolute atomic E-state index is 0.316. The normalized spacial score (nSPS) is 11.3. The highest BCUT2D eigenvalue weighted by Gasteiger charge is 2.09. The molecule has 0 saturated carbocycles. The number of methoxy groups -OCH3 is 1. The average molecular weight is 294 g/mol. The van der Waals surface area contributed by atoms with Crippen molar-refractivity contribution in [1.29, 1.82) is 0 Å². The molecule has 0 atom stereocenters. The first kappa shape index (κ1) is 17.8. The molecule has 0 aliphatic rings. The van der Waals surface area contributed by atoms with Gasteiger partial charge in [0, 0.05) is 18.2 Å². The third-order valence-corrected chi connectivity index (χ3v) is 3.98. The second kappa shape index (κ2) is 9.64. The van der Waals surface area contributed by atoms with Crippen molar-refractivity contribution in [2.24, 2.45) is 0 Å². The quantitative estimate of drug-likeness (QED) is 0.720. The smallest absolute Gasteiger partial charge is 0.123 e. The minimum Gasteiger partial charge on any atom is -0.507 e. The van der Waals surface area contributed by atoms with Crippen LogP contribution in [-0.2, 0) is 6.54 Å². The van der Waals surface area contributed by atoms with Gasteiger partial charge in [0.05, 0.1) is 7.11 Å². The highest BCUT2D eigenvalue weighted by molar-refractivity contribution is 5.39. The molecule has 0 unspecified atom stereocenters. The van der Waals surface area contributed by atoms with Gasteiger partial charge in [-0.05, 0) is 45.2 Å². The van der Waals surface area contributed by atoms with E-state index in [4.69, 9.17) is 4.74 Å². The SMILES string of the molecule is CCN(CC)CCCN(CC)Cc1ccc(OC)cc1O. The summed E-state index contributed by atoms with van der Waals surface area (Å²) in [5.41, 5.74) is 0.959. The van der Waals surface area contributed by atoms with Crippen LogP contribution in [0.4, 0.5) is 0 Å². The van der Waals surface area contributed by atoms with Crippen molar-refractivity contribution in [1.82, 2.24) is 9.80 Å². The average Bonchev–Trinajstić information content (AvgIpc) is 2.51. The predicted octanol–water partition coefficient (Wildman–Crippen LogP) is 2.95. The van der Waals surface area contributed by atoms with Crippen molar-refractivity contribution in [3.05, 3.63) is 23.8 Å². The third kappa shape index (κ3) is 5.94. The second-order valence-corrected chi connectivity index (χ2v) is 5.24. The molecule has 0 bridgehead atoms. The van der Waals surface area contributed by atoms with Crippen LogP contribution in [0.3, 0.4) is 0 Å². The number of hydrogen-bond acceptors (Lipinski definition) is 4. The highest BCUT2D eigenvalue weighted by Crippen LogP contribution is 2.24. The maximum absolute atomic E-state index is 10.0. The highest BCUT2D eigenvalue weighted by atomic mass is 16.5. The Hall–Kier alpha value is -1.26. The van der Waals surface area contributed by atoms with E-state index >= 15 is 0 Å². The van der Waals surface area contributed by atoms with Crippen molar-refractivity contribution >= 4 is 0 Å². The zero-order valence-corrected chi connectivity index (χ0v) is 13.9. The van der Waals surface area contributed by atoms with Crippen molar-refractivity contribution < 1.29 is 9.84 Å². The Bertz CT molecular complexity index is 406. The Labute approximate surface area is 129 Å². The number of aromatic hydroxyl groups is 1. The fraction of sp³-hybridized carbons (Fsp3) is 0.647. The molecule has 0 saturated heterocycles. The molecular weight excluding hydrogens is 264 g/mol. The third-order valence-electron chi connectivity index (χ3n) is 3.98. The van der Waals surface area contributed by atoms with E-state index in [9.17, 15) is 5.11 Å². The van der Waals surface area contributed by atoms with E-state index in [1.54, 1.807) is 13.2 Å². The summed E-state index contributed by atoms with van der Waals surface area (Å²) in [5, 5.41) is 10.0. The first-order chi connectivity index (χ1) is 10.1. The van der Waals surface area contributed by atoms with Crippen LogP contribution < -0.4 is 4.74 Å². The van der Waals surface area contributed by atoms with Crippen molar-refractivity contribution in [3.8, 4) is 11.5 Å². The van der Waals surface area contributed by atoms with Gasteiger partial charge in [0.2, 0.25) is 0 Å². The first-order valence-corrected chi connectivity index (χ1v) is 7.95. The fourth-order valence-corrected chi connectivity index (χ4v) is 2.45. The van der Waals surface area contributed by atoms with Crippen LogP contribution in [-0.4, -0.2) is 54.7 Å². The van der Waals surface area contributed by atoms with Crippen LogP contribution in [0.15, 0.2) is 18.2 Å². The number of ether oxygens (including phenoxy) is 1. The summed E-state index contributed by atoms with van der Waals surface area (Å²) in [6.45, 7) is 12.8. The maximum atomic E-state index is 10.0. The van der Waals surface area contributed by atoms with Gasteiger partial charge < -0.3 is 14.7 Å². The van der Waals surface area contributed by atoms with Crippen molar-refractivity contribution in [2.45, 2.75) is 33.7 Å². The van der Waals surface area contributed by atoms with Gasteiger partial charge in [0.1, 0.15) is 11.5 Å². The zero-order chi connectivity index (χ0) is 15.7. The lowest BCUT2D eigenvalue weighted by Crippen LogP contribution is -2.29. The largest absolute Gasteiger partial charge is 0.507 e. The Morgan fingerprint density at radius 2 is 1.62 bits per heavy atom. The van der Waals surface area contributed by atoms with Crippen LogP contribution in [0.25, 0.3) is 0 Å². The van der Waals surface area contributed by atoms with Gasteiger partial charge in [-0.2, -0.15) is 0 Å². The summed E-state index contributed by atoms with van der Waals surface area (Å²) in [4.78, 5) is 4.81. The molecule has 0 aliphatic heterocycles. The lowest BCUT2D eigenvalue weighted by molar-refractivity contribution is 0.236. The minimum atomic E-state index is 0.316. The topological polar surface area (TPSA) is 35.9 Å². The molecule has 4 heteroatoms. The molecule has 4 nitrogen and oxygen atoms in total. The van der Waals surface area contributed by atoms with E-state index < -0.39 is 0 Å². The molecule has 0 amide bonds. The molecular formula is C17H30N2O2. The van der Waals surface area contributed by atoms with Crippen LogP contribution >= 0.6 is 0 Å². The van der Waals surface area contributed by atoms with Crippen LogP contribution in [0.2, 0.25) is 0 Å². The molecule has 0 heterocycles. The second-order valence-electron chi connectivity index (χ2n) is 5.24. The van der Waals surface area contributed by atoms with Gasteiger partial charge in [-0.15, -0.1) is 0 Å². The molecule has 0 aliphatic carbocycles. The Morgan fingerprint density at radius 1 is 1.00 bits per heavy atom. The summed E-state index contributed by atoms with van der Waals surface area (Å²) in [7, 11) is 1.61. The van der Waals surface area contributed by atoms with Gasteiger partial charge in [-0.3, -0.25) is 4.90 Å². The van der Waals surface area contributed by atoms with Gasteiger partial charge in [-0.25, -0.2) is 0 Å². The van der Waals surface area contributed by atoms with E-state index in [1.807, 2.05) is 12.1 Å². The van der Waals surface area contributed by atoms with E-state index in [0.29, 0.717) is 11.5 Å². The summed E-state index contributed by atoms with van der Waals surface area (Å²) in [5.74, 6) is 1.01. The van der Waals surface area contributed by atoms with Crippen molar-refractivity contribution in [2.75, 3.05) is 39.8 Å². The van der Waals surface area contributed by atoms with E-state index in [-0.39, 0.29) is 0 Å². The molecule has 0 radical (unpaired) electrons. The lowest BCUT2D eigenvalue weighted by atomic mass is 10.1. The Morgan fingerprint density at radius 3 is 2.14 bits per heavy atom. The maximum Gasteiger partial charge on any atom is 0.123 e. The monoisotopic (exact) mass is 294 g/mol. The summed E-state index contributed by atoms with van der Waals surface area (Å²) < 4.78 is 5.12. The van der Waals surface area contributed by atoms with Crippen molar-refractivity contribution in [3.63, 3.8) is 0 Å². The molecule has 1 N–H and O–H groups in total. The molecule has 120 valence electrons. The number of benzene rings is 1. The molecule has 0 fully saturated rings. The van der Waals surface area contributed by atoms with Gasteiger partial charge in [-0.1, -0.05) is 26.8 Å². The first-order valence-electron chi connectivity index (χ1n) is 7.95. The predicted molar refractivity (Wildman–Crippen MR) is 88.0 cm³/mol. The molecule has 0 aromatic heterocycles. The van der Waals surface area contributed by atoms with Crippen LogP contribution in [0, 0.1) is 0 Å². The van der Waals surface area contributed by atoms with Gasteiger partial charge in [0.25, 0.3) is 0 Å². The molecule has 0 spiro atoms. The van der Waals surface area contributed by atoms with E-state index in [1.165, 1.54) is 0 Å². The molecule has 1 aromatic carbocycles. The van der Waals surface area contributed by atoms with E-state index in [2.05, 4.69) is 30.6 Å². The number of rotatable bonds is 10. The number of nitrogens with zero attached hydrogens (tertiary/aromatic N) is 2. The number of hydrogen-bond donors (Lipinski definition) is 1. The Kier molecular flexibility index (Phi) is 8.16. The molecule has 1 aromatic rings. The molecule has 1 rings (SSSR count). The summed E-state index contributed by atoms with van der Waals surface area (Å²) in [6, 6.07) is 5.53. The number of phenols is 1. The van der Waals surface area contributed by atoms with Gasteiger partial charge in [0.15, 0.2) is 0 Å². The van der Waals surface area contributed by atoms with E-state index in [0.717, 1.165) is 51.3 Å². The van der Waals surface area contributed by atoms with Crippen LogP contribution in [0.5, 0.6) is 11.5 Å². The standard InChI is InChI=1S/C17H30N2O2/c1-5-18(6-2)11-8-12-19(7-3)14-15-9-10-16(21-4)13-17(15)20/h9-10,13,20H,5-8,11-12,14H2,1-4H3. The van der Waals surface area contributed by atoms with Gasteiger partial charge >= 0.3 is 0 Å². The Balaban J connectivity index is 2.50. The lowest BCUT2D eigenvalue weighted by Gasteiger charge is -2.23. The fourth-order valence-electron chi connectivity index (χ4n) is 2.45. The summed E-state index contributed by atoms with van der Waals surface area (Å²) >= 11 is 0. The number of phenolic OH excluding ortho intramolecular Hbond substituents is 1. The zero-order valence-electron chi connectivity index (χ0n) is 13.9. The molecule has 21 heavy (non-hydrogen) atoms. The van der Waals surface area contributed by atoms with Crippen LogP contribution in [0.1, 0.15) is 32.8 Å². The summed E-state index contributed by atoms with van der Waals surface area (Å²) in [6.07, 6.45) is 1.16.